The van der Waals surface area contributed by atoms with Crippen molar-refractivity contribution in [3.63, 3.8) is 0 Å². The Hall–Kier alpha value is -2.69. The maximum absolute atomic E-state index is 9.63. The molecule has 3 rings (SSSR count). The monoisotopic (exact) mass is 255 g/mol. The Morgan fingerprint density at radius 2 is 2.00 bits per heavy atom. The van der Waals surface area contributed by atoms with Crippen LogP contribution in [0.5, 0.6) is 11.5 Å². The van der Waals surface area contributed by atoms with Crippen molar-refractivity contribution in [3.8, 4) is 11.5 Å². The van der Waals surface area contributed by atoms with E-state index in [-0.39, 0.29) is 12.4 Å². The first-order chi connectivity index (χ1) is 9.25. The first-order valence-corrected chi connectivity index (χ1v) is 5.87. The number of imidazole rings is 1. The highest BCUT2D eigenvalue weighted by molar-refractivity contribution is 5.49. The number of hydrogen-bond acceptors (Lipinski definition) is 4. The number of phenolic OH excluding ortho intramolecular Hbond substituents is 1. The average molecular weight is 255 g/mol. The zero-order chi connectivity index (χ0) is 13.2. The fraction of sp³-hybridized carbons (Fsp3) is 0.0714. The zero-order valence-corrected chi connectivity index (χ0v) is 10.2. The summed E-state index contributed by atoms with van der Waals surface area (Å²) < 4.78 is 7.40. The van der Waals surface area contributed by atoms with E-state index in [2.05, 4.69) is 4.98 Å². The number of fused-ring (bicyclic) bond motifs is 1. The Balaban J connectivity index is 1.89. The number of nitrogens with two attached hydrogens (primary N) is 1. The minimum Gasteiger partial charge on any atom is -0.504 e. The fourth-order valence-corrected chi connectivity index (χ4v) is 1.96. The van der Waals surface area contributed by atoms with E-state index in [9.17, 15) is 5.11 Å². The highest BCUT2D eigenvalue weighted by Crippen LogP contribution is 2.25. The summed E-state index contributed by atoms with van der Waals surface area (Å²) in [6, 6.07) is 12.4. The van der Waals surface area contributed by atoms with E-state index in [0.717, 1.165) is 11.3 Å². The van der Waals surface area contributed by atoms with Crippen molar-refractivity contribution in [2.24, 2.45) is 0 Å². The third kappa shape index (κ3) is 2.06. The molecule has 96 valence electrons. The molecule has 3 N–H and O–H groups in total. The van der Waals surface area contributed by atoms with E-state index < -0.39 is 0 Å². The largest absolute Gasteiger partial charge is 0.504 e. The molecule has 0 saturated heterocycles. The van der Waals surface area contributed by atoms with Crippen LogP contribution in [0.1, 0.15) is 5.69 Å². The van der Waals surface area contributed by atoms with Crippen LogP contribution >= 0.6 is 0 Å². The van der Waals surface area contributed by atoms with Crippen LogP contribution in [-0.2, 0) is 6.61 Å². The summed E-state index contributed by atoms with van der Waals surface area (Å²) in [5, 5.41) is 9.63. The quantitative estimate of drug-likeness (QED) is 0.752. The number of para-hydroxylation sites is 2. The molecule has 0 saturated carbocycles. The number of phenols is 1. The third-order valence-corrected chi connectivity index (χ3v) is 2.87. The summed E-state index contributed by atoms with van der Waals surface area (Å²) in [5.74, 6) is 1.15. The maximum atomic E-state index is 9.63. The Bertz CT molecular complexity index is 722. The minimum atomic E-state index is 0.115. The van der Waals surface area contributed by atoms with Crippen molar-refractivity contribution >= 4 is 11.5 Å². The molecule has 0 bridgehead atoms. The second-order valence-corrected chi connectivity index (χ2v) is 4.15. The fourth-order valence-electron chi connectivity index (χ4n) is 1.96. The summed E-state index contributed by atoms with van der Waals surface area (Å²) in [4.78, 5) is 4.25. The van der Waals surface area contributed by atoms with Gasteiger partial charge >= 0.3 is 0 Å². The molecule has 0 spiro atoms. The van der Waals surface area contributed by atoms with Gasteiger partial charge in [-0.2, -0.15) is 0 Å². The molecule has 2 aromatic heterocycles. The minimum absolute atomic E-state index is 0.115. The molecule has 0 unspecified atom stereocenters. The molecule has 5 nitrogen and oxygen atoms in total. The van der Waals surface area contributed by atoms with E-state index in [0.29, 0.717) is 11.6 Å². The second-order valence-electron chi connectivity index (χ2n) is 4.15. The third-order valence-electron chi connectivity index (χ3n) is 2.87. The van der Waals surface area contributed by atoms with Crippen LogP contribution in [-0.4, -0.2) is 14.5 Å². The summed E-state index contributed by atoms with van der Waals surface area (Å²) in [5.41, 5.74) is 7.52. The maximum Gasteiger partial charge on any atom is 0.161 e. The number of ether oxygens (including phenoxy) is 1. The van der Waals surface area contributed by atoms with Gasteiger partial charge in [0.15, 0.2) is 11.5 Å². The number of pyridine rings is 1. The van der Waals surface area contributed by atoms with E-state index in [1.165, 1.54) is 0 Å². The normalized spacial score (nSPS) is 10.7. The van der Waals surface area contributed by atoms with Crippen LogP contribution in [0.4, 0.5) is 5.82 Å². The van der Waals surface area contributed by atoms with Crippen molar-refractivity contribution in [1.29, 1.82) is 0 Å². The molecule has 3 aromatic rings. The lowest BCUT2D eigenvalue weighted by Gasteiger charge is -2.08. The van der Waals surface area contributed by atoms with Crippen LogP contribution in [0.15, 0.2) is 48.7 Å². The highest BCUT2D eigenvalue weighted by atomic mass is 16.5. The average Bonchev–Trinajstić information content (AvgIpc) is 2.83. The Morgan fingerprint density at radius 3 is 2.84 bits per heavy atom. The summed E-state index contributed by atoms with van der Waals surface area (Å²) in [6.07, 6.45) is 1.71. The molecular weight excluding hydrogens is 242 g/mol. The summed E-state index contributed by atoms with van der Waals surface area (Å²) in [7, 11) is 0. The molecule has 2 heterocycles. The van der Waals surface area contributed by atoms with Gasteiger partial charge in [0.2, 0.25) is 0 Å². The predicted molar refractivity (Wildman–Crippen MR) is 72.0 cm³/mol. The van der Waals surface area contributed by atoms with Gasteiger partial charge in [0, 0.05) is 0 Å². The van der Waals surface area contributed by atoms with Gasteiger partial charge in [-0.3, -0.25) is 4.40 Å². The van der Waals surface area contributed by atoms with Crippen LogP contribution in [0, 0.1) is 0 Å². The van der Waals surface area contributed by atoms with Crippen molar-refractivity contribution in [3.05, 3.63) is 54.4 Å². The van der Waals surface area contributed by atoms with E-state index in [1.54, 1.807) is 36.5 Å². The number of aromatic hydroxyl groups is 1. The standard InChI is InChI=1S/C14H13N3O2/c15-13-6-3-7-14-16-8-10(17(13)14)9-19-12-5-2-1-4-11(12)18/h1-8,18H,9,15H2. The van der Waals surface area contributed by atoms with Gasteiger partial charge in [-0.05, 0) is 24.3 Å². The molecule has 0 aliphatic carbocycles. The molecule has 0 aliphatic heterocycles. The van der Waals surface area contributed by atoms with Gasteiger partial charge in [-0.15, -0.1) is 0 Å². The molecule has 0 radical (unpaired) electrons. The summed E-state index contributed by atoms with van der Waals surface area (Å²) >= 11 is 0. The van der Waals surface area contributed by atoms with Gasteiger partial charge in [0.25, 0.3) is 0 Å². The van der Waals surface area contributed by atoms with Gasteiger partial charge < -0.3 is 15.6 Å². The van der Waals surface area contributed by atoms with E-state index in [1.807, 2.05) is 16.5 Å². The number of nitrogen functional groups attached to an aromatic ring is 1. The molecule has 0 aliphatic rings. The molecule has 0 atom stereocenters. The van der Waals surface area contributed by atoms with Crippen molar-refractivity contribution in [2.45, 2.75) is 6.61 Å². The second kappa shape index (κ2) is 4.53. The smallest absolute Gasteiger partial charge is 0.161 e. The van der Waals surface area contributed by atoms with Crippen molar-refractivity contribution in [2.75, 3.05) is 5.73 Å². The number of nitrogens with zero attached hydrogens (tertiary/aromatic N) is 2. The number of rotatable bonds is 3. The molecular formula is C14H13N3O2. The van der Waals surface area contributed by atoms with Crippen molar-refractivity contribution in [1.82, 2.24) is 9.38 Å². The predicted octanol–water partition coefficient (Wildman–Crippen LogP) is 2.20. The lowest BCUT2D eigenvalue weighted by molar-refractivity contribution is 0.284. The highest BCUT2D eigenvalue weighted by Gasteiger charge is 2.07. The number of aromatic nitrogens is 2. The first-order valence-electron chi connectivity index (χ1n) is 5.87. The molecule has 5 heteroatoms. The Morgan fingerprint density at radius 1 is 1.16 bits per heavy atom. The van der Waals surface area contributed by atoms with Gasteiger partial charge in [-0.1, -0.05) is 18.2 Å². The zero-order valence-electron chi connectivity index (χ0n) is 10.2. The first kappa shape index (κ1) is 11.4. The Kier molecular flexibility index (Phi) is 2.72. The van der Waals surface area contributed by atoms with Gasteiger partial charge in [-0.25, -0.2) is 4.98 Å². The van der Waals surface area contributed by atoms with Gasteiger partial charge in [0.1, 0.15) is 18.1 Å². The lowest BCUT2D eigenvalue weighted by Crippen LogP contribution is -2.03. The molecule has 19 heavy (non-hydrogen) atoms. The molecule has 0 fully saturated rings. The topological polar surface area (TPSA) is 72.8 Å². The van der Waals surface area contributed by atoms with Crippen molar-refractivity contribution < 1.29 is 9.84 Å². The Labute approximate surface area is 109 Å². The van der Waals surface area contributed by atoms with E-state index >= 15 is 0 Å². The van der Waals surface area contributed by atoms with Crippen LogP contribution in [0.2, 0.25) is 0 Å². The van der Waals surface area contributed by atoms with Crippen LogP contribution in [0.25, 0.3) is 5.65 Å². The number of hydrogen-bond donors (Lipinski definition) is 2. The summed E-state index contributed by atoms with van der Waals surface area (Å²) in [6.45, 7) is 0.285. The molecule has 1 aromatic carbocycles. The van der Waals surface area contributed by atoms with E-state index in [4.69, 9.17) is 10.5 Å². The molecule has 0 amide bonds. The lowest BCUT2D eigenvalue weighted by atomic mass is 10.3. The number of anilines is 1. The van der Waals surface area contributed by atoms with Gasteiger partial charge in [0.05, 0.1) is 11.9 Å². The number of benzene rings is 1. The van der Waals surface area contributed by atoms with Crippen LogP contribution < -0.4 is 10.5 Å². The van der Waals surface area contributed by atoms with Crippen LogP contribution in [0.3, 0.4) is 0 Å². The SMILES string of the molecule is Nc1cccc2ncc(COc3ccccc3O)n12.